The number of H-pyrrole nitrogens is 2. The molecule has 0 saturated carbocycles. The lowest BCUT2D eigenvalue weighted by Crippen LogP contribution is -2.31. The molecule has 5 rings (SSSR count). The summed E-state index contributed by atoms with van der Waals surface area (Å²) >= 11 is 0. The van der Waals surface area contributed by atoms with E-state index in [1.54, 1.807) is 37.5 Å². The molecule has 0 spiro atoms. The normalized spacial score (nSPS) is 11.4. The van der Waals surface area contributed by atoms with Crippen molar-refractivity contribution in [1.29, 1.82) is 0 Å². The van der Waals surface area contributed by atoms with E-state index in [1.165, 1.54) is 0 Å². The molecule has 0 aliphatic heterocycles. The van der Waals surface area contributed by atoms with Gasteiger partial charge in [0.1, 0.15) is 17.1 Å². The highest BCUT2D eigenvalue weighted by molar-refractivity contribution is 6.23. The van der Waals surface area contributed by atoms with Crippen molar-refractivity contribution in [3.05, 3.63) is 71.7 Å². The molecule has 0 saturated heterocycles. The van der Waals surface area contributed by atoms with Gasteiger partial charge in [0.15, 0.2) is 0 Å². The van der Waals surface area contributed by atoms with Crippen molar-refractivity contribution in [2.45, 2.75) is 0 Å². The van der Waals surface area contributed by atoms with Gasteiger partial charge in [-0.25, -0.2) is 4.98 Å². The number of amides is 1. The summed E-state index contributed by atoms with van der Waals surface area (Å²) in [5.74, 6) is -0.572. The van der Waals surface area contributed by atoms with Crippen LogP contribution in [0.4, 0.5) is 0 Å². The number of aromatic nitrogens is 3. The van der Waals surface area contributed by atoms with Crippen molar-refractivity contribution < 1.29 is 14.7 Å². The number of phenolic OH excluding ortho intramolecular Hbond substituents is 1. The van der Waals surface area contributed by atoms with Crippen LogP contribution < -0.4 is 10.6 Å². The predicted octanol–water partition coefficient (Wildman–Crippen LogP) is 3.08. The van der Waals surface area contributed by atoms with E-state index in [1.807, 2.05) is 24.3 Å². The minimum Gasteiger partial charge on any atom is -0.508 e. The first kappa shape index (κ1) is 19.8. The highest BCUT2D eigenvalue weighted by Crippen LogP contribution is 2.32. The second-order valence-electron chi connectivity index (χ2n) is 7.57. The summed E-state index contributed by atoms with van der Waals surface area (Å²) in [6.45, 7) is 1.03. The number of nitrogens with zero attached hydrogens (tertiary/aromatic N) is 1. The Morgan fingerprint density at radius 3 is 2.69 bits per heavy atom. The van der Waals surface area contributed by atoms with E-state index in [9.17, 15) is 14.7 Å². The molecule has 3 aromatic heterocycles. The third-order valence-electron chi connectivity index (χ3n) is 5.51. The van der Waals surface area contributed by atoms with Crippen molar-refractivity contribution in [2.75, 3.05) is 20.1 Å². The van der Waals surface area contributed by atoms with E-state index < -0.39 is 0 Å². The quantitative estimate of drug-likeness (QED) is 0.211. The number of likely N-dealkylation sites (N-methyl/N-ethyl adjacent to an activating group) is 1. The topological polar surface area (TPSA) is 123 Å². The predicted molar refractivity (Wildman–Crippen MR) is 123 cm³/mol. The van der Waals surface area contributed by atoms with Crippen molar-refractivity contribution in [2.24, 2.45) is 0 Å². The van der Waals surface area contributed by atoms with Crippen LogP contribution in [-0.2, 0) is 0 Å². The number of hydrogen-bond acceptors (Lipinski definition) is 5. The van der Waals surface area contributed by atoms with Gasteiger partial charge in [0, 0.05) is 52.0 Å². The molecule has 0 bridgehead atoms. The van der Waals surface area contributed by atoms with E-state index in [4.69, 9.17) is 0 Å². The summed E-state index contributed by atoms with van der Waals surface area (Å²) in [6, 6.07) is 14.1. The molecule has 2 aromatic carbocycles. The Morgan fingerprint density at radius 1 is 1.00 bits per heavy atom. The van der Waals surface area contributed by atoms with Crippen LogP contribution in [-0.4, -0.2) is 51.9 Å². The minimum absolute atomic E-state index is 0.0970. The van der Waals surface area contributed by atoms with Crippen LogP contribution >= 0.6 is 0 Å². The molecule has 5 aromatic rings. The number of rotatable bonds is 6. The van der Waals surface area contributed by atoms with E-state index in [-0.39, 0.29) is 28.8 Å². The number of aromatic amines is 2. The molecule has 160 valence electrons. The molecule has 3 heterocycles. The number of para-hydroxylation sites is 1. The second-order valence-corrected chi connectivity index (χ2v) is 7.57. The fourth-order valence-electron chi connectivity index (χ4n) is 3.94. The Bertz CT molecular complexity index is 1500. The maximum atomic E-state index is 13.6. The second kappa shape index (κ2) is 7.82. The minimum atomic E-state index is -0.371. The van der Waals surface area contributed by atoms with Crippen LogP contribution in [0.3, 0.4) is 0 Å². The molecule has 0 aliphatic carbocycles. The van der Waals surface area contributed by atoms with Crippen LogP contribution in [0.1, 0.15) is 26.5 Å². The van der Waals surface area contributed by atoms with Crippen LogP contribution in [0.5, 0.6) is 5.75 Å². The standard InChI is InChI=1S/C24H21N5O3/c1-25-8-9-26-24(32)20-11-16-15-10-13(30)6-7-19(15)28-21(16)22(29-20)23(31)17-12-27-18-5-3-2-4-14(17)18/h2-7,10-12,25,27-28,30H,8-9H2,1H3,(H,26,32). The van der Waals surface area contributed by atoms with Crippen molar-refractivity contribution >= 4 is 44.4 Å². The average Bonchev–Trinajstić information content (AvgIpc) is 3.39. The Morgan fingerprint density at radius 2 is 1.84 bits per heavy atom. The third-order valence-corrected chi connectivity index (χ3v) is 5.51. The first-order valence-corrected chi connectivity index (χ1v) is 10.3. The van der Waals surface area contributed by atoms with Gasteiger partial charge in [-0.2, -0.15) is 0 Å². The van der Waals surface area contributed by atoms with E-state index >= 15 is 0 Å². The van der Waals surface area contributed by atoms with Gasteiger partial charge in [0.05, 0.1) is 5.52 Å². The number of aromatic hydroxyl groups is 1. The first-order chi connectivity index (χ1) is 15.6. The Labute approximate surface area is 182 Å². The molecule has 0 atom stereocenters. The number of pyridine rings is 1. The van der Waals surface area contributed by atoms with Gasteiger partial charge in [0.25, 0.3) is 5.91 Å². The molecule has 0 fully saturated rings. The number of benzene rings is 2. The summed E-state index contributed by atoms with van der Waals surface area (Å²) in [6.07, 6.45) is 1.66. The summed E-state index contributed by atoms with van der Waals surface area (Å²) < 4.78 is 0. The van der Waals surface area contributed by atoms with E-state index in [2.05, 4.69) is 25.6 Å². The Hall–Kier alpha value is -4.17. The van der Waals surface area contributed by atoms with E-state index in [0.29, 0.717) is 34.9 Å². The van der Waals surface area contributed by atoms with Gasteiger partial charge in [-0.3, -0.25) is 9.59 Å². The van der Waals surface area contributed by atoms with Gasteiger partial charge >= 0.3 is 0 Å². The number of phenols is 1. The fraction of sp³-hybridized carbons (Fsp3) is 0.125. The van der Waals surface area contributed by atoms with Crippen molar-refractivity contribution in [3.8, 4) is 5.75 Å². The van der Waals surface area contributed by atoms with E-state index in [0.717, 1.165) is 16.4 Å². The van der Waals surface area contributed by atoms with Crippen LogP contribution in [0.25, 0.3) is 32.7 Å². The highest BCUT2D eigenvalue weighted by atomic mass is 16.3. The molecule has 0 aliphatic rings. The zero-order valence-corrected chi connectivity index (χ0v) is 17.3. The van der Waals surface area contributed by atoms with Gasteiger partial charge in [0.2, 0.25) is 5.78 Å². The number of nitrogens with one attached hydrogen (secondary N) is 4. The van der Waals surface area contributed by atoms with Gasteiger partial charge < -0.3 is 25.7 Å². The summed E-state index contributed by atoms with van der Waals surface area (Å²) in [7, 11) is 1.80. The van der Waals surface area contributed by atoms with Crippen LogP contribution in [0.2, 0.25) is 0 Å². The molecule has 8 heteroatoms. The molecule has 1 amide bonds. The maximum absolute atomic E-state index is 13.6. The molecule has 32 heavy (non-hydrogen) atoms. The lowest BCUT2D eigenvalue weighted by molar-refractivity contribution is 0.0949. The molecular formula is C24H21N5O3. The monoisotopic (exact) mass is 427 g/mol. The number of fused-ring (bicyclic) bond motifs is 4. The Balaban J connectivity index is 1.71. The van der Waals surface area contributed by atoms with Crippen molar-refractivity contribution in [1.82, 2.24) is 25.6 Å². The number of carbonyl (C=O) groups excluding carboxylic acids is 2. The zero-order valence-electron chi connectivity index (χ0n) is 17.3. The number of carbonyl (C=O) groups is 2. The molecule has 0 unspecified atom stereocenters. The number of hydrogen-bond donors (Lipinski definition) is 5. The molecular weight excluding hydrogens is 406 g/mol. The first-order valence-electron chi connectivity index (χ1n) is 10.3. The molecule has 0 radical (unpaired) electrons. The fourth-order valence-corrected chi connectivity index (χ4v) is 3.94. The average molecular weight is 427 g/mol. The van der Waals surface area contributed by atoms with Crippen LogP contribution in [0.15, 0.2) is 54.7 Å². The maximum Gasteiger partial charge on any atom is 0.269 e. The van der Waals surface area contributed by atoms with Crippen molar-refractivity contribution in [3.63, 3.8) is 0 Å². The SMILES string of the molecule is CNCCNC(=O)c1cc2c([nH]c3ccc(O)cc32)c(C(=O)c2c[nH]c3ccccc23)n1. The van der Waals surface area contributed by atoms with Gasteiger partial charge in [-0.1, -0.05) is 18.2 Å². The summed E-state index contributed by atoms with van der Waals surface area (Å²) in [5, 5.41) is 17.9. The van der Waals surface area contributed by atoms with Gasteiger partial charge in [-0.05, 0) is 37.4 Å². The van der Waals surface area contributed by atoms with Crippen LogP contribution in [0, 0.1) is 0 Å². The largest absolute Gasteiger partial charge is 0.508 e. The number of ketones is 1. The highest BCUT2D eigenvalue weighted by Gasteiger charge is 2.23. The smallest absolute Gasteiger partial charge is 0.269 e. The third kappa shape index (κ3) is 3.27. The lowest BCUT2D eigenvalue weighted by Gasteiger charge is -2.08. The lowest BCUT2D eigenvalue weighted by atomic mass is 10.0. The molecule has 5 N–H and O–H groups in total. The zero-order chi connectivity index (χ0) is 22.2. The summed E-state index contributed by atoms with van der Waals surface area (Å²) in [4.78, 5) is 37.2. The van der Waals surface area contributed by atoms with Gasteiger partial charge in [-0.15, -0.1) is 0 Å². The molecule has 8 nitrogen and oxygen atoms in total. The summed E-state index contributed by atoms with van der Waals surface area (Å²) in [5.41, 5.74) is 2.87. The Kier molecular flexibility index (Phi) is 4.84.